The maximum atomic E-state index is 5.82. The second kappa shape index (κ2) is 4.79. The van der Waals surface area contributed by atoms with Crippen molar-refractivity contribution in [1.82, 2.24) is 10.1 Å². The Bertz CT molecular complexity index is 451. The summed E-state index contributed by atoms with van der Waals surface area (Å²) in [5.41, 5.74) is 7.75. The SMILES string of the molecule is CCCCc1onc(N)c1-c1ccncc1. The first kappa shape index (κ1) is 10.7. The van der Waals surface area contributed by atoms with Crippen molar-refractivity contribution in [3.63, 3.8) is 0 Å². The van der Waals surface area contributed by atoms with Gasteiger partial charge in [-0.15, -0.1) is 0 Å². The second-order valence-corrected chi connectivity index (χ2v) is 3.71. The fraction of sp³-hybridized carbons (Fsp3) is 0.333. The number of hydrogen-bond donors (Lipinski definition) is 1. The van der Waals surface area contributed by atoms with Crippen molar-refractivity contribution in [3.8, 4) is 11.1 Å². The molecule has 0 bridgehead atoms. The Labute approximate surface area is 94.5 Å². The number of unbranched alkanes of at least 4 members (excludes halogenated alkanes) is 1. The fourth-order valence-corrected chi connectivity index (χ4v) is 1.67. The monoisotopic (exact) mass is 217 g/mol. The minimum atomic E-state index is 0.456. The number of hydrogen-bond acceptors (Lipinski definition) is 4. The Morgan fingerprint density at radius 3 is 2.75 bits per heavy atom. The number of nitrogens with zero attached hydrogens (tertiary/aromatic N) is 2. The van der Waals surface area contributed by atoms with E-state index in [1.54, 1.807) is 12.4 Å². The van der Waals surface area contributed by atoms with E-state index in [-0.39, 0.29) is 0 Å². The summed E-state index contributed by atoms with van der Waals surface area (Å²) >= 11 is 0. The van der Waals surface area contributed by atoms with Gasteiger partial charge in [0.2, 0.25) is 0 Å². The molecule has 2 rings (SSSR count). The van der Waals surface area contributed by atoms with Gasteiger partial charge in [-0.3, -0.25) is 4.98 Å². The Hall–Kier alpha value is -1.84. The highest BCUT2D eigenvalue weighted by molar-refractivity contribution is 5.75. The van der Waals surface area contributed by atoms with E-state index < -0.39 is 0 Å². The number of pyridine rings is 1. The lowest BCUT2D eigenvalue weighted by molar-refractivity contribution is 0.383. The van der Waals surface area contributed by atoms with Crippen LogP contribution in [0.2, 0.25) is 0 Å². The Morgan fingerprint density at radius 2 is 2.06 bits per heavy atom. The Kier molecular flexibility index (Phi) is 3.19. The van der Waals surface area contributed by atoms with E-state index in [0.29, 0.717) is 5.82 Å². The lowest BCUT2D eigenvalue weighted by atomic mass is 10.0. The third-order valence-electron chi connectivity index (χ3n) is 2.52. The van der Waals surface area contributed by atoms with Crippen LogP contribution in [0.1, 0.15) is 25.5 Å². The van der Waals surface area contributed by atoms with E-state index in [2.05, 4.69) is 17.1 Å². The molecule has 0 unspecified atom stereocenters. The molecule has 2 aromatic heterocycles. The van der Waals surface area contributed by atoms with Gasteiger partial charge in [0.05, 0.1) is 5.56 Å². The molecule has 0 aliphatic carbocycles. The molecule has 0 radical (unpaired) electrons. The molecule has 4 nitrogen and oxygen atoms in total. The summed E-state index contributed by atoms with van der Waals surface area (Å²) < 4.78 is 5.26. The zero-order valence-electron chi connectivity index (χ0n) is 9.31. The molecule has 2 heterocycles. The van der Waals surface area contributed by atoms with Crippen LogP contribution < -0.4 is 5.73 Å². The molecule has 2 aromatic rings. The van der Waals surface area contributed by atoms with Gasteiger partial charge in [-0.05, 0) is 24.1 Å². The molecule has 0 amide bonds. The van der Waals surface area contributed by atoms with Crippen molar-refractivity contribution in [2.75, 3.05) is 5.73 Å². The van der Waals surface area contributed by atoms with Crippen LogP contribution in [0.25, 0.3) is 11.1 Å². The molecule has 0 saturated heterocycles. The van der Waals surface area contributed by atoms with Crippen LogP contribution >= 0.6 is 0 Å². The number of aromatic nitrogens is 2. The van der Waals surface area contributed by atoms with E-state index in [1.165, 1.54) is 0 Å². The normalized spacial score (nSPS) is 10.6. The predicted molar refractivity (Wildman–Crippen MR) is 62.8 cm³/mol. The van der Waals surface area contributed by atoms with Gasteiger partial charge in [0.25, 0.3) is 0 Å². The lowest BCUT2D eigenvalue weighted by Gasteiger charge is -2.01. The number of rotatable bonds is 4. The molecule has 0 spiro atoms. The van der Waals surface area contributed by atoms with E-state index in [0.717, 1.165) is 36.1 Å². The first-order valence-electron chi connectivity index (χ1n) is 5.47. The minimum absolute atomic E-state index is 0.456. The van der Waals surface area contributed by atoms with Gasteiger partial charge in [0, 0.05) is 18.8 Å². The number of aryl methyl sites for hydroxylation is 1. The molecule has 0 atom stereocenters. The van der Waals surface area contributed by atoms with Gasteiger partial charge < -0.3 is 10.3 Å². The molecular formula is C12H15N3O. The van der Waals surface area contributed by atoms with Crippen LogP contribution in [0.3, 0.4) is 0 Å². The third kappa shape index (κ3) is 2.05. The van der Waals surface area contributed by atoms with Crippen LogP contribution in [0, 0.1) is 0 Å². The van der Waals surface area contributed by atoms with Crippen LogP contribution in [0.5, 0.6) is 0 Å². The first-order chi connectivity index (χ1) is 7.83. The first-order valence-corrected chi connectivity index (χ1v) is 5.47. The quantitative estimate of drug-likeness (QED) is 0.855. The molecule has 2 N–H and O–H groups in total. The summed E-state index contributed by atoms with van der Waals surface area (Å²) in [6.45, 7) is 2.14. The zero-order valence-corrected chi connectivity index (χ0v) is 9.31. The summed E-state index contributed by atoms with van der Waals surface area (Å²) in [5, 5.41) is 3.83. The second-order valence-electron chi connectivity index (χ2n) is 3.71. The molecule has 0 aliphatic rings. The Balaban J connectivity index is 2.35. The van der Waals surface area contributed by atoms with Crippen molar-refractivity contribution in [1.29, 1.82) is 0 Å². The van der Waals surface area contributed by atoms with Gasteiger partial charge in [0.1, 0.15) is 5.76 Å². The van der Waals surface area contributed by atoms with Crippen molar-refractivity contribution >= 4 is 5.82 Å². The van der Waals surface area contributed by atoms with E-state index >= 15 is 0 Å². The molecule has 4 heteroatoms. The molecule has 84 valence electrons. The molecule has 0 aliphatic heterocycles. The maximum absolute atomic E-state index is 5.82. The zero-order chi connectivity index (χ0) is 11.4. The Morgan fingerprint density at radius 1 is 1.31 bits per heavy atom. The molecule has 16 heavy (non-hydrogen) atoms. The summed E-state index contributed by atoms with van der Waals surface area (Å²) in [4.78, 5) is 3.98. The lowest BCUT2D eigenvalue weighted by Crippen LogP contribution is -1.91. The van der Waals surface area contributed by atoms with Gasteiger partial charge >= 0.3 is 0 Å². The van der Waals surface area contributed by atoms with E-state index in [1.807, 2.05) is 12.1 Å². The third-order valence-corrected chi connectivity index (χ3v) is 2.52. The fourth-order valence-electron chi connectivity index (χ4n) is 1.67. The summed E-state index contributed by atoms with van der Waals surface area (Å²) in [5.74, 6) is 1.32. The predicted octanol–water partition coefficient (Wildman–Crippen LogP) is 2.66. The molecule has 0 saturated carbocycles. The van der Waals surface area contributed by atoms with E-state index in [4.69, 9.17) is 10.3 Å². The topological polar surface area (TPSA) is 64.9 Å². The molecule has 0 aromatic carbocycles. The van der Waals surface area contributed by atoms with Crippen LogP contribution in [0.15, 0.2) is 29.0 Å². The van der Waals surface area contributed by atoms with Crippen molar-refractivity contribution in [2.24, 2.45) is 0 Å². The van der Waals surface area contributed by atoms with Gasteiger partial charge in [0.15, 0.2) is 5.82 Å². The van der Waals surface area contributed by atoms with Crippen molar-refractivity contribution in [2.45, 2.75) is 26.2 Å². The highest BCUT2D eigenvalue weighted by Gasteiger charge is 2.14. The number of nitrogen functional groups attached to an aromatic ring is 1. The van der Waals surface area contributed by atoms with Crippen LogP contribution in [-0.2, 0) is 6.42 Å². The average Bonchev–Trinajstić information content (AvgIpc) is 2.69. The number of anilines is 1. The molecule has 0 fully saturated rings. The van der Waals surface area contributed by atoms with Crippen LogP contribution in [0.4, 0.5) is 5.82 Å². The minimum Gasteiger partial charge on any atom is -0.380 e. The smallest absolute Gasteiger partial charge is 0.175 e. The number of nitrogens with two attached hydrogens (primary N) is 1. The highest BCUT2D eigenvalue weighted by Crippen LogP contribution is 2.29. The summed E-state index contributed by atoms with van der Waals surface area (Å²) in [6.07, 6.45) is 6.55. The van der Waals surface area contributed by atoms with Gasteiger partial charge in [-0.25, -0.2) is 0 Å². The van der Waals surface area contributed by atoms with Gasteiger partial charge in [-0.2, -0.15) is 0 Å². The van der Waals surface area contributed by atoms with Gasteiger partial charge in [-0.1, -0.05) is 18.5 Å². The van der Waals surface area contributed by atoms with Crippen LogP contribution in [-0.4, -0.2) is 10.1 Å². The largest absolute Gasteiger partial charge is 0.380 e. The molecular weight excluding hydrogens is 202 g/mol. The highest BCUT2D eigenvalue weighted by atomic mass is 16.5. The average molecular weight is 217 g/mol. The standard InChI is InChI=1S/C12H15N3O/c1-2-3-4-10-11(12(13)15-16-10)9-5-7-14-8-6-9/h5-8H,2-4H2,1H3,(H2,13,15). The van der Waals surface area contributed by atoms with Crippen molar-refractivity contribution < 1.29 is 4.52 Å². The van der Waals surface area contributed by atoms with E-state index in [9.17, 15) is 0 Å². The summed E-state index contributed by atoms with van der Waals surface area (Å²) in [7, 11) is 0. The summed E-state index contributed by atoms with van der Waals surface area (Å²) in [6, 6.07) is 3.83. The van der Waals surface area contributed by atoms with Crippen molar-refractivity contribution in [3.05, 3.63) is 30.3 Å². The maximum Gasteiger partial charge on any atom is 0.175 e.